The van der Waals surface area contributed by atoms with E-state index in [9.17, 15) is 9.18 Å². The van der Waals surface area contributed by atoms with E-state index >= 15 is 0 Å². The lowest BCUT2D eigenvalue weighted by molar-refractivity contribution is -0.132. The minimum atomic E-state index is -0.291. The molecule has 5 nitrogen and oxygen atoms in total. The Morgan fingerprint density at radius 3 is 2.42 bits per heavy atom. The van der Waals surface area contributed by atoms with Gasteiger partial charge >= 0.3 is 0 Å². The molecule has 0 aliphatic carbocycles. The number of hydrogen-bond acceptors (Lipinski definition) is 3. The average Bonchev–Trinajstić information content (AvgIpc) is 3.16. The lowest BCUT2D eigenvalue weighted by Crippen LogP contribution is -2.50. The summed E-state index contributed by atoms with van der Waals surface area (Å²) in [6, 6.07) is 15.4. The number of fused-ring (bicyclic) bond motifs is 1. The molecule has 5 rings (SSSR count). The number of para-hydroxylation sites is 2. The molecule has 0 saturated carbocycles. The van der Waals surface area contributed by atoms with Crippen molar-refractivity contribution < 1.29 is 13.9 Å². The normalized spacial score (nSPS) is 18.7. The van der Waals surface area contributed by atoms with Crippen LogP contribution in [0.15, 0.2) is 54.7 Å². The molecular formula is C27H32FN3O2. The monoisotopic (exact) mass is 449 g/mol. The van der Waals surface area contributed by atoms with Gasteiger partial charge in [-0.15, -0.1) is 0 Å². The first-order chi connectivity index (χ1) is 16.1. The van der Waals surface area contributed by atoms with Crippen molar-refractivity contribution in [1.29, 1.82) is 0 Å². The van der Waals surface area contributed by atoms with Crippen LogP contribution in [0, 0.1) is 5.82 Å². The van der Waals surface area contributed by atoms with Crippen molar-refractivity contribution in [3.05, 3.63) is 66.1 Å². The van der Waals surface area contributed by atoms with Crippen molar-refractivity contribution in [2.75, 3.05) is 26.2 Å². The van der Waals surface area contributed by atoms with Crippen LogP contribution in [0.1, 0.15) is 31.2 Å². The predicted molar refractivity (Wildman–Crippen MR) is 128 cm³/mol. The smallest absolute Gasteiger partial charge is 0.227 e. The van der Waals surface area contributed by atoms with Crippen molar-refractivity contribution in [2.45, 2.75) is 44.2 Å². The predicted octanol–water partition coefficient (Wildman–Crippen LogP) is 4.39. The van der Waals surface area contributed by atoms with Gasteiger partial charge < -0.3 is 14.2 Å². The van der Waals surface area contributed by atoms with Crippen LogP contribution in [-0.2, 0) is 18.3 Å². The fourth-order valence-electron chi connectivity index (χ4n) is 5.40. The van der Waals surface area contributed by atoms with Crippen molar-refractivity contribution in [3.63, 3.8) is 0 Å². The molecule has 174 valence electrons. The number of benzene rings is 2. The van der Waals surface area contributed by atoms with Gasteiger partial charge in [0.05, 0.1) is 6.42 Å². The molecule has 2 aromatic carbocycles. The van der Waals surface area contributed by atoms with Gasteiger partial charge in [-0.1, -0.05) is 30.3 Å². The van der Waals surface area contributed by atoms with Crippen molar-refractivity contribution in [1.82, 2.24) is 14.4 Å². The maximum absolute atomic E-state index is 13.9. The number of hydrogen-bond donors (Lipinski definition) is 0. The van der Waals surface area contributed by atoms with Crippen LogP contribution in [0.3, 0.4) is 0 Å². The minimum Gasteiger partial charge on any atom is -0.487 e. The topological polar surface area (TPSA) is 37.7 Å². The van der Waals surface area contributed by atoms with Crippen LogP contribution in [0.4, 0.5) is 4.39 Å². The van der Waals surface area contributed by atoms with Crippen LogP contribution < -0.4 is 4.74 Å². The van der Waals surface area contributed by atoms with Crippen molar-refractivity contribution >= 4 is 16.8 Å². The maximum Gasteiger partial charge on any atom is 0.227 e. The number of aryl methyl sites for hydroxylation is 1. The van der Waals surface area contributed by atoms with Gasteiger partial charge in [-0.05, 0) is 49.4 Å². The second-order valence-electron chi connectivity index (χ2n) is 9.35. The largest absolute Gasteiger partial charge is 0.487 e. The first-order valence-electron chi connectivity index (χ1n) is 12.0. The molecule has 0 N–H and O–H groups in total. The SMILES string of the molecule is Cn1cc(CC(=O)N2CCC(N3CCC(Oc4ccccc4F)CC3)CC2)c2ccccc21. The van der Waals surface area contributed by atoms with Crippen LogP contribution in [0.2, 0.25) is 0 Å². The summed E-state index contributed by atoms with van der Waals surface area (Å²) in [6.07, 6.45) is 6.47. The third-order valence-electron chi connectivity index (χ3n) is 7.26. The Balaban J connectivity index is 1.10. The summed E-state index contributed by atoms with van der Waals surface area (Å²) >= 11 is 0. The molecule has 2 fully saturated rings. The first-order valence-corrected chi connectivity index (χ1v) is 12.0. The molecule has 3 heterocycles. The lowest BCUT2D eigenvalue weighted by Gasteiger charge is -2.41. The van der Waals surface area contributed by atoms with E-state index in [0.717, 1.165) is 57.4 Å². The summed E-state index contributed by atoms with van der Waals surface area (Å²) in [5.74, 6) is 0.288. The second kappa shape index (κ2) is 9.56. The molecule has 2 saturated heterocycles. The van der Waals surface area contributed by atoms with Gasteiger partial charge in [0, 0.05) is 56.4 Å². The van der Waals surface area contributed by atoms with Crippen LogP contribution in [0.5, 0.6) is 5.75 Å². The Morgan fingerprint density at radius 1 is 0.970 bits per heavy atom. The van der Waals surface area contributed by atoms with E-state index in [1.54, 1.807) is 12.1 Å². The number of rotatable bonds is 5. The Hall–Kier alpha value is -2.86. The zero-order chi connectivity index (χ0) is 22.8. The number of nitrogens with zero attached hydrogens (tertiary/aromatic N) is 3. The molecule has 3 aromatic rings. The Labute approximate surface area is 194 Å². The zero-order valence-electron chi connectivity index (χ0n) is 19.3. The van der Waals surface area contributed by atoms with Gasteiger partial charge in [-0.25, -0.2) is 4.39 Å². The van der Waals surface area contributed by atoms with Gasteiger partial charge in [-0.3, -0.25) is 9.69 Å². The molecule has 2 aliphatic heterocycles. The Kier molecular flexibility index (Phi) is 6.36. The molecule has 1 amide bonds. The van der Waals surface area contributed by atoms with Crippen LogP contribution >= 0.6 is 0 Å². The molecule has 1 aromatic heterocycles. The van der Waals surface area contributed by atoms with Gasteiger partial charge in [0.25, 0.3) is 0 Å². The average molecular weight is 450 g/mol. The summed E-state index contributed by atoms with van der Waals surface area (Å²) in [5, 5.41) is 1.17. The number of halogens is 1. The highest BCUT2D eigenvalue weighted by atomic mass is 19.1. The van der Waals surface area contributed by atoms with E-state index in [2.05, 4.69) is 27.8 Å². The molecule has 0 atom stereocenters. The van der Waals surface area contributed by atoms with Crippen LogP contribution in [-0.4, -0.2) is 58.6 Å². The fourth-order valence-corrected chi connectivity index (χ4v) is 5.40. The fraction of sp³-hybridized carbons (Fsp3) is 0.444. The molecular weight excluding hydrogens is 417 g/mol. The molecule has 2 aliphatic rings. The van der Waals surface area contributed by atoms with Crippen LogP contribution in [0.25, 0.3) is 10.9 Å². The third-order valence-corrected chi connectivity index (χ3v) is 7.26. The second-order valence-corrected chi connectivity index (χ2v) is 9.35. The highest BCUT2D eigenvalue weighted by Crippen LogP contribution is 2.26. The van der Waals surface area contributed by atoms with Gasteiger partial charge in [0.15, 0.2) is 11.6 Å². The lowest BCUT2D eigenvalue weighted by atomic mass is 9.98. The summed E-state index contributed by atoms with van der Waals surface area (Å²) < 4.78 is 21.9. The summed E-state index contributed by atoms with van der Waals surface area (Å²) in [4.78, 5) is 17.6. The number of carbonyl (C=O) groups excluding carboxylic acids is 1. The van der Waals surface area contributed by atoms with E-state index in [-0.39, 0.29) is 17.8 Å². The Morgan fingerprint density at radius 2 is 1.67 bits per heavy atom. The maximum atomic E-state index is 13.9. The number of piperidine rings is 2. The summed E-state index contributed by atoms with van der Waals surface area (Å²) in [5.41, 5.74) is 2.28. The molecule has 0 bridgehead atoms. The van der Waals surface area contributed by atoms with Crippen molar-refractivity contribution in [2.24, 2.45) is 7.05 Å². The summed E-state index contributed by atoms with van der Waals surface area (Å²) in [7, 11) is 2.03. The number of aromatic nitrogens is 1. The van der Waals surface area contributed by atoms with E-state index in [1.807, 2.05) is 30.1 Å². The quantitative estimate of drug-likeness (QED) is 0.580. The highest BCUT2D eigenvalue weighted by molar-refractivity contribution is 5.89. The van der Waals surface area contributed by atoms with E-state index in [4.69, 9.17) is 4.74 Å². The van der Waals surface area contributed by atoms with Gasteiger partial charge in [-0.2, -0.15) is 0 Å². The van der Waals surface area contributed by atoms with E-state index < -0.39 is 0 Å². The molecule has 33 heavy (non-hydrogen) atoms. The molecule has 6 heteroatoms. The third kappa shape index (κ3) is 4.76. The molecule has 0 spiro atoms. The number of ether oxygens (including phenoxy) is 1. The number of likely N-dealkylation sites (tertiary alicyclic amines) is 2. The van der Waals surface area contributed by atoms with Gasteiger partial charge in [0.1, 0.15) is 6.10 Å². The molecule has 0 unspecified atom stereocenters. The number of carbonyl (C=O) groups is 1. The highest BCUT2D eigenvalue weighted by Gasteiger charge is 2.30. The first kappa shape index (κ1) is 22.0. The summed E-state index contributed by atoms with van der Waals surface area (Å²) in [6.45, 7) is 3.57. The van der Waals surface area contributed by atoms with Gasteiger partial charge in [0.2, 0.25) is 5.91 Å². The standard InChI is InChI=1S/C27H32FN3O2/c1-29-19-20(23-6-2-4-8-25(23)29)18-27(32)31-14-10-21(11-15-31)30-16-12-22(13-17-30)33-26-9-5-3-7-24(26)28/h2-9,19,21-22H,10-18H2,1H3. The zero-order valence-corrected chi connectivity index (χ0v) is 19.3. The van der Waals surface area contributed by atoms with Crippen molar-refractivity contribution in [3.8, 4) is 5.75 Å². The van der Waals surface area contributed by atoms with E-state index in [1.165, 1.54) is 17.0 Å². The Bertz CT molecular complexity index is 1110. The molecule has 0 radical (unpaired) electrons. The minimum absolute atomic E-state index is 0.0699. The van der Waals surface area contributed by atoms with E-state index in [0.29, 0.717) is 18.2 Å². The number of amides is 1.